The third-order valence-electron chi connectivity index (χ3n) is 3.69. The molecule has 0 fully saturated rings. The minimum atomic E-state index is 0.781. The molecule has 4 heteroatoms. The van der Waals surface area contributed by atoms with Gasteiger partial charge in [0.15, 0.2) is 0 Å². The fourth-order valence-electron chi connectivity index (χ4n) is 2.39. The van der Waals surface area contributed by atoms with Gasteiger partial charge in [-0.15, -0.1) is 0 Å². The molecule has 0 amide bonds. The number of aryl methyl sites for hydroxylation is 3. The number of unbranched alkanes of at least 4 members (excludes halogenated alkanes) is 1. The van der Waals surface area contributed by atoms with Crippen LogP contribution in [0.2, 0.25) is 0 Å². The number of aromatic nitrogens is 2. The van der Waals surface area contributed by atoms with E-state index in [1.54, 1.807) is 0 Å². The van der Waals surface area contributed by atoms with Crippen LogP contribution in [-0.4, -0.2) is 9.78 Å². The predicted molar refractivity (Wildman–Crippen MR) is 92.7 cm³/mol. The molecule has 0 aliphatic rings. The number of anilines is 1. The average molecular weight is 350 g/mol. The van der Waals surface area contributed by atoms with Crippen molar-refractivity contribution >= 4 is 21.6 Å². The Morgan fingerprint density at radius 3 is 2.52 bits per heavy atom. The van der Waals surface area contributed by atoms with E-state index < -0.39 is 0 Å². The Labute approximate surface area is 135 Å². The second kappa shape index (κ2) is 7.64. The first-order valence-electron chi connectivity index (χ1n) is 7.70. The Balaban J connectivity index is 2.00. The Hall–Kier alpha value is -1.29. The van der Waals surface area contributed by atoms with Gasteiger partial charge in [-0.2, -0.15) is 5.10 Å². The van der Waals surface area contributed by atoms with Crippen LogP contribution >= 0.6 is 15.9 Å². The van der Waals surface area contributed by atoms with Crippen LogP contribution in [0.1, 0.15) is 43.6 Å². The number of benzene rings is 1. The van der Waals surface area contributed by atoms with E-state index in [0.29, 0.717) is 0 Å². The molecule has 114 valence electrons. The molecule has 1 heterocycles. The summed E-state index contributed by atoms with van der Waals surface area (Å²) in [5.74, 6) is 0. The van der Waals surface area contributed by atoms with Crippen molar-refractivity contribution < 1.29 is 0 Å². The van der Waals surface area contributed by atoms with E-state index in [-0.39, 0.29) is 0 Å². The zero-order valence-electron chi connectivity index (χ0n) is 13.1. The molecule has 0 aliphatic carbocycles. The molecular weight excluding hydrogens is 326 g/mol. The van der Waals surface area contributed by atoms with Crippen LogP contribution in [0.4, 0.5) is 5.69 Å². The Bertz CT molecular complexity index is 572. The zero-order valence-corrected chi connectivity index (χ0v) is 14.7. The van der Waals surface area contributed by atoms with Crippen LogP contribution in [0.5, 0.6) is 0 Å². The van der Waals surface area contributed by atoms with Crippen molar-refractivity contribution in [3.8, 4) is 0 Å². The molecule has 0 spiro atoms. The van der Waals surface area contributed by atoms with Gasteiger partial charge in [-0.05, 0) is 60.3 Å². The van der Waals surface area contributed by atoms with Gasteiger partial charge in [0.1, 0.15) is 0 Å². The smallest absolute Gasteiger partial charge is 0.0739 e. The van der Waals surface area contributed by atoms with E-state index in [1.165, 1.54) is 30.5 Å². The SMILES string of the molecule is CCCCc1ccc(NCc2c(Br)c(C)nn2CC)cc1. The van der Waals surface area contributed by atoms with Crippen molar-refractivity contribution in [1.29, 1.82) is 0 Å². The van der Waals surface area contributed by atoms with E-state index in [9.17, 15) is 0 Å². The van der Waals surface area contributed by atoms with Gasteiger partial charge in [0, 0.05) is 12.2 Å². The fraction of sp³-hybridized carbons (Fsp3) is 0.471. The second-order valence-electron chi connectivity index (χ2n) is 5.32. The van der Waals surface area contributed by atoms with E-state index in [2.05, 4.69) is 64.5 Å². The van der Waals surface area contributed by atoms with E-state index in [0.717, 1.165) is 28.9 Å². The second-order valence-corrected chi connectivity index (χ2v) is 6.11. The summed E-state index contributed by atoms with van der Waals surface area (Å²) in [7, 11) is 0. The minimum Gasteiger partial charge on any atom is -0.379 e. The highest BCUT2D eigenvalue weighted by Crippen LogP contribution is 2.22. The van der Waals surface area contributed by atoms with Crippen molar-refractivity contribution in [3.05, 3.63) is 45.7 Å². The fourth-order valence-corrected chi connectivity index (χ4v) is 2.82. The van der Waals surface area contributed by atoms with Gasteiger partial charge in [0.25, 0.3) is 0 Å². The topological polar surface area (TPSA) is 29.9 Å². The summed E-state index contributed by atoms with van der Waals surface area (Å²) in [4.78, 5) is 0. The Morgan fingerprint density at radius 2 is 1.90 bits per heavy atom. The quantitative estimate of drug-likeness (QED) is 0.767. The highest BCUT2D eigenvalue weighted by molar-refractivity contribution is 9.10. The maximum Gasteiger partial charge on any atom is 0.0739 e. The van der Waals surface area contributed by atoms with Gasteiger partial charge in [-0.3, -0.25) is 4.68 Å². The molecule has 1 aromatic carbocycles. The summed E-state index contributed by atoms with van der Waals surface area (Å²) in [5, 5.41) is 8.00. The largest absolute Gasteiger partial charge is 0.379 e. The molecule has 1 aromatic heterocycles. The molecule has 0 saturated heterocycles. The van der Waals surface area contributed by atoms with Crippen LogP contribution in [0.15, 0.2) is 28.7 Å². The number of rotatable bonds is 7. The lowest BCUT2D eigenvalue weighted by atomic mass is 10.1. The van der Waals surface area contributed by atoms with Crippen molar-refractivity contribution in [2.45, 2.75) is 53.1 Å². The Kier molecular flexibility index (Phi) is 5.85. The molecule has 0 radical (unpaired) electrons. The first kappa shape index (κ1) is 16.1. The summed E-state index contributed by atoms with van der Waals surface area (Å²) in [6.07, 6.45) is 3.67. The summed E-state index contributed by atoms with van der Waals surface area (Å²) in [6.45, 7) is 8.04. The van der Waals surface area contributed by atoms with Gasteiger partial charge in [0.05, 0.1) is 22.4 Å². The third kappa shape index (κ3) is 4.10. The van der Waals surface area contributed by atoms with E-state index >= 15 is 0 Å². The molecule has 3 nitrogen and oxygen atoms in total. The third-order valence-corrected chi connectivity index (χ3v) is 4.72. The number of hydrogen-bond acceptors (Lipinski definition) is 2. The summed E-state index contributed by atoms with van der Waals surface area (Å²) >= 11 is 3.63. The van der Waals surface area contributed by atoms with Gasteiger partial charge in [-0.1, -0.05) is 25.5 Å². The molecular formula is C17H24BrN3. The summed E-state index contributed by atoms with van der Waals surface area (Å²) < 4.78 is 3.15. The first-order valence-corrected chi connectivity index (χ1v) is 8.49. The van der Waals surface area contributed by atoms with Gasteiger partial charge in [-0.25, -0.2) is 0 Å². The normalized spacial score (nSPS) is 10.9. The number of nitrogens with zero attached hydrogens (tertiary/aromatic N) is 2. The molecule has 0 bridgehead atoms. The minimum absolute atomic E-state index is 0.781. The van der Waals surface area contributed by atoms with Crippen molar-refractivity contribution in [2.24, 2.45) is 0 Å². The molecule has 0 unspecified atom stereocenters. The highest BCUT2D eigenvalue weighted by atomic mass is 79.9. The summed E-state index contributed by atoms with van der Waals surface area (Å²) in [5.41, 5.74) is 4.82. The van der Waals surface area contributed by atoms with Crippen LogP contribution in [-0.2, 0) is 19.5 Å². The molecule has 2 aromatic rings. The number of hydrogen-bond donors (Lipinski definition) is 1. The van der Waals surface area contributed by atoms with Gasteiger partial charge >= 0.3 is 0 Å². The van der Waals surface area contributed by atoms with Gasteiger partial charge < -0.3 is 5.32 Å². The average Bonchev–Trinajstić information content (AvgIpc) is 2.79. The van der Waals surface area contributed by atoms with Gasteiger partial charge in [0.2, 0.25) is 0 Å². The summed E-state index contributed by atoms with van der Waals surface area (Å²) in [6, 6.07) is 8.77. The van der Waals surface area contributed by atoms with E-state index in [4.69, 9.17) is 0 Å². The molecule has 2 rings (SSSR count). The Morgan fingerprint density at radius 1 is 1.19 bits per heavy atom. The lowest BCUT2D eigenvalue weighted by Crippen LogP contribution is -2.08. The lowest BCUT2D eigenvalue weighted by Gasteiger charge is -2.09. The molecule has 21 heavy (non-hydrogen) atoms. The number of halogens is 1. The van der Waals surface area contributed by atoms with Crippen LogP contribution in [0, 0.1) is 6.92 Å². The van der Waals surface area contributed by atoms with E-state index in [1.807, 2.05) is 11.6 Å². The van der Waals surface area contributed by atoms with Crippen LogP contribution in [0.3, 0.4) is 0 Å². The standard InChI is InChI=1S/C17H24BrN3/c1-4-6-7-14-8-10-15(11-9-14)19-12-16-17(18)13(3)20-21(16)5-2/h8-11,19H,4-7,12H2,1-3H3. The van der Waals surface area contributed by atoms with Crippen molar-refractivity contribution in [2.75, 3.05) is 5.32 Å². The highest BCUT2D eigenvalue weighted by Gasteiger charge is 2.11. The predicted octanol–water partition coefficient (Wildman–Crippen LogP) is 4.93. The lowest BCUT2D eigenvalue weighted by molar-refractivity contribution is 0.622. The van der Waals surface area contributed by atoms with Crippen molar-refractivity contribution in [1.82, 2.24) is 9.78 Å². The van der Waals surface area contributed by atoms with Crippen LogP contribution in [0.25, 0.3) is 0 Å². The van der Waals surface area contributed by atoms with Crippen molar-refractivity contribution in [3.63, 3.8) is 0 Å². The maximum absolute atomic E-state index is 4.52. The molecule has 0 saturated carbocycles. The first-order chi connectivity index (χ1) is 10.2. The number of nitrogens with one attached hydrogen (secondary N) is 1. The molecule has 0 atom stereocenters. The monoisotopic (exact) mass is 349 g/mol. The van der Waals surface area contributed by atoms with Crippen LogP contribution < -0.4 is 5.32 Å². The zero-order chi connectivity index (χ0) is 15.2. The molecule has 1 N–H and O–H groups in total. The maximum atomic E-state index is 4.52. The molecule has 0 aliphatic heterocycles.